The maximum absolute atomic E-state index is 13.7. The summed E-state index contributed by atoms with van der Waals surface area (Å²) >= 11 is 0. The van der Waals surface area contributed by atoms with Crippen LogP contribution in [-0.4, -0.2) is 18.2 Å². The Morgan fingerprint density at radius 1 is 1.07 bits per heavy atom. The third kappa shape index (κ3) is 3.68. The zero-order chi connectivity index (χ0) is 19.1. The molecule has 6 heteroatoms. The number of aromatic nitrogens is 1. The third-order valence-corrected chi connectivity index (χ3v) is 6.88. The van der Waals surface area contributed by atoms with Gasteiger partial charge in [-0.25, -0.2) is 0 Å². The monoisotopic (exact) mass is 384 g/mol. The van der Waals surface area contributed by atoms with E-state index < -0.39 is 13.4 Å². The van der Waals surface area contributed by atoms with Crippen LogP contribution in [0.15, 0.2) is 54.7 Å². The van der Waals surface area contributed by atoms with Crippen molar-refractivity contribution in [3.63, 3.8) is 0 Å². The molecule has 1 aromatic heterocycles. The molecule has 27 heavy (non-hydrogen) atoms. The van der Waals surface area contributed by atoms with E-state index in [2.05, 4.69) is 10.3 Å². The van der Waals surface area contributed by atoms with Crippen LogP contribution in [0.3, 0.4) is 0 Å². The molecule has 5 nitrogen and oxygen atoms in total. The van der Waals surface area contributed by atoms with Crippen LogP contribution >= 0.6 is 7.60 Å². The van der Waals surface area contributed by atoms with Crippen molar-refractivity contribution in [3.05, 3.63) is 65.9 Å². The number of rotatable bonds is 4. The van der Waals surface area contributed by atoms with E-state index in [1.807, 2.05) is 75.5 Å². The lowest BCUT2D eigenvalue weighted by Crippen LogP contribution is -2.31. The molecule has 0 radical (unpaired) electrons. The van der Waals surface area contributed by atoms with E-state index in [-0.39, 0.29) is 5.41 Å². The van der Waals surface area contributed by atoms with E-state index in [0.29, 0.717) is 13.2 Å². The summed E-state index contributed by atoms with van der Waals surface area (Å²) in [5.41, 5.74) is 3.77. The molecule has 0 amide bonds. The lowest BCUT2D eigenvalue weighted by molar-refractivity contribution is 0.0388. The third-order valence-electron chi connectivity index (χ3n) is 4.86. The Labute approximate surface area is 159 Å². The van der Waals surface area contributed by atoms with Crippen molar-refractivity contribution in [1.29, 1.82) is 0 Å². The minimum Gasteiger partial charge on any atom is -0.368 e. The SMILES string of the molecule is Cc1ccc(N[C@H](c2c[nH]c3ccccc23)P2(=O)OCC(C)(C)CO2)cc1. The standard InChI is InChI=1S/C21H25N2O3P/c1-15-8-10-16(11-9-15)23-20(27(24)25-13-21(2,3)14-26-27)18-12-22-19-7-5-4-6-17(18)19/h4-12,20,22-23H,13-14H2,1-3H3/t20-/m0/s1. The van der Waals surface area contributed by atoms with Gasteiger partial charge >= 0.3 is 7.60 Å². The molecule has 2 N–H and O–H groups in total. The molecule has 2 heterocycles. The Morgan fingerprint density at radius 3 is 2.44 bits per heavy atom. The molecule has 0 bridgehead atoms. The quantitative estimate of drug-likeness (QED) is 0.554. The summed E-state index contributed by atoms with van der Waals surface area (Å²) in [6, 6.07) is 16.0. The van der Waals surface area contributed by atoms with Gasteiger partial charge in [0.05, 0.1) is 13.2 Å². The number of H-pyrrole nitrogens is 1. The summed E-state index contributed by atoms with van der Waals surface area (Å²) in [4.78, 5) is 3.26. The number of fused-ring (bicyclic) bond motifs is 1. The molecule has 0 spiro atoms. The second-order valence-electron chi connectivity index (χ2n) is 7.95. The number of benzene rings is 2. The summed E-state index contributed by atoms with van der Waals surface area (Å²) in [5.74, 6) is -0.590. The predicted molar refractivity (Wildman–Crippen MR) is 109 cm³/mol. The van der Waals surface area contributed by atoms with Gasteiger partial charge in [-0.2, -0.15) is 0 Å². The highest BCUT2D eigenvalue weighted by Gasteiger charge is 2.44. The van der Waals surface area contributed by atoms with Crippen molar-refractivity contribution < 1.29 is 13.6 Å². The zero-order valence-electron chi connectivity index (χ0n) is 15.9. The lowest BCUT2D eigenvalue weighted by Gasteiger charge is -2.37. The van der Waals surface area contributed by atoms with Crippen molar-refractivity contribution in [2.45, 2.75) is 26.6 Å². The Kier molecular flexibility index (Phi) is 4.63. The van der Waals surface area contributed by atoms with Crippen LogP contribution in [0.25, 0.3) is 10.9 Å². The van der Waals surface area contributed by atoms with Crippen molar-refractivity contribution in [2.75, 3.05) is 18.5 Å². The molecule has 4 rings (SSSR count). The van der Waals surface area contributed by atoms with Crippen LogP contribution in [0.4, 0.5) is 5.69 Å². The molecule has 0 unspecified atom stereocenters. The Hall–Kier alpha value is -2.07. The Bertz CT molecular complexity index is 980. The first-order valence-electron chi connectivity index (χ1n) is 9.14. The Morgan fingerprint density at radius 2 is 1.74 bits per heavy atom. The number of aryl methyl sites for hydroxylation is 1. The van der Waals surface area contributed by atoms with Gasteiger partial charge in [-0.15, -0.1) is 0 Å². The second-order valence-corrected chi connectivity index (χ2v) is 10.1. The van der Waals surface area contributed by atoms with Gasteiger partial charge in [0.25, 0.3) is 0 Å². The molecule has 2 aromatic carbocycles. The normalized spacial score (nSPS) is 19.7. The van der Waals surface area contributed by atoms with Gasteiger partial charge in [0.15, 0.2) is 5.78 Å². The van der Waals surface area contributed by atoms with Gasteiger partial charge < -0.3 is 19.3 Å². The van der Waals surface area contributed by atoms with Crippen molar-refractivity contribution in [2.24, 2.45) is 5.41 Å². The highest BCUT2D eigenvalue weighted by molar-refractivity contribution is 7.54. The first-order chi connectivity index (χ1) is 12.9. The minimum atomic E-state index is -3.41. The average Bonchev–Trinajstić information content (AvgIpc) is 3.08. The molecular formula is C21H25N2O3P. The van der Waals surface area contributed by atoms with Crippen LogP contribution in [0, 0.1) is 12.3 Å². The van der Waals surface area contributed by atoms with Gasteiger partial charge in [0, 0.05) is 33.8 Å². The van der Waals surface area contributed by atoms with Crippen molar-refractivity contribution in [3.8, 4) is 0 Å². The summed E-state index contributed by atoms with van der Waals surface area (Å²) in [5, 5.41) is 4.41. The first kappa shape index (κ1) is 18.3. The fraction of sp³-hybridized carbons (Fsp3) is 0.333. The molecular weight excluding hydrogens is 359 g/mol. The summed E-state index contributed by atoms with van der Waals surface area (Å²) in [7, 11) is -3.41. The molecule has 3 aromatic rings. The van der Waals surface area contributed by atoms with Gasteiger partial charge in [-0.3, -0.25) is 4.57 Å². The van der Waals surface area contributed by atoms with Gasteiger partial charge in [0.1, 0.15) is 0 Å². The molecule has 1 aliphatic heterocycles. The minimum absolute atomic E-state index is 0.150. The number of hydrogen-bond acceptors (Lipinski definition) is 4. The van der Waals surface area contributed by atoms with Crippen LogP contribution in [0.1, 0.15) is 30.8 Å². The Balaban J connectivity index is 1.75. The summed E-state index contributed by atoms with van der Waals surface area (Å²) < 4.78 is 25.5. The average molecular weight is 384 g/mol. The first-order valence-corrected chi connectivity index (χ1v) is 10.8. The molecule has 1 atom stereocenters. The van der Waals surface area contributed by atoms with Crippen LogP contribution < -0.4 is 5.32 Å². The highest BCUT2D eigenvalue weighted by Crippen LogP contribution is 2.64. The van der Waals surface area contributed by atoms with Crippen LogP contribution in [0.5, 0.6) is 0 Å². The van der Waals surface area contributed by atoms with E-state index in [1.165, 1.54) is 5.56 Å². The predicted octanol–water partition coefficient (Wildman–Crippen LogP) is 5.85. The number of anilines is 1. The van der Waals surface area contributed by atoms with Crippen LogP contribution in [0.2, 0.25) is 0 Å². The topological polar surface area (TPSA) is 63.4 Å². The highest BCUT2D eigenvalue weighted by atomic mass is 31.2. The molecule has 0 saturated carbocycles. The summed E-state index contributed by atoms with van der Waals surface area (Å²) in [6.45, 7) is 6.94. The largest absolute Gasteiger partial charge is 0.368 e. The maximum Gasteiger partial charge on any atom is 0.357 e. The van der Waals surface area contributed by atoms with E-state index in [4.69, 9.17) is 9.05 Å². The fourth-order valence-electron chi connectivity index (χ4n) is 3.21. The van der Waals surface area contributed by atoms with Crippen molar-refractivity contribution >= 4 is 24.2 Å². The van der Waals surface area contributed by atoms with E-state index in [0.717, 1.165) is 22.2 Å². The zero-order valence-corrected chi connectivity index (χ0v) is 16.8. The lowest BCUT2D eigenvalue weighted by atomic mass is 9.97. The number of aromatic amines is 1. The van der Waals surface area contributed by atoms with E-state index in [9.17, 15) is 4.57 Å². The second kappa shape index (κ2) is 6.83. The summed E-state index contributed by atoms with van der Waals surface area (Å²) in [6.07, 6.45) is 1.89. The van der Waals surface area contributed by atoms with Gasteiger partial charge in [0.2, 0.25) is 0 Å². The molecule has 0 aliphatic carbocycles. The van der Waals surface area contributed by atoms with E-state index in [1.54, 1.807) is 0 Å². The van der Waals surface area contributed by atoms with Crippen molar-refractivity contribution in [1.82, 2.24) is 4.98 Å². The van der Waals surface area contributed by atoms with Crippen LogP contribution in [-0.2, 0) is 13.6 Å². The number of nitrogens with one attached hydrogen (secondary N) is 2. The molecule has 1 fully saturated rings. The van der Waals surface area contributed by atoms with E-state index >= 15 is 0 Å². The number of para-hydroxylation sites is 1. The smallest absolute Gasteiger partial charge is 0.357 e. The fourth-order valence-corrected chi connectivity index (χ4v) is 5.51. The number of hydrogen-bond donors (Lipinski definition) is 2. The maximum atomic E-state index is 13.7. The molecule has 1 saturated heterocycles. The molecule has 142 valence electrons. The van der Waals surface area contributed by atoms with Gasteiger partial charge in [-0.05, 0) is 25.1 Å². The van der Waals surface area contributed by atoms with Gasteiger partial charge in [-0.1, -0.05) is 49.7 Å². The molecule has 1 aliphatic rings.